The molecule has 1 aromatic carbocycles. The van der Waals surface area contributed by atoms with Crippen LogP contribution in [0.3, 0.4) is 0 Å². The molecule has 3 rings (SSSR count). The number of nitrogen functional groups attached to an aromatic ring is 1. The van der Waals surface area contributed by atoms with Crippen molar-refractivity contribution in [2.45, 2.75) is 19.8 Å². The van der Waals surface area contributed by atoms with Gasteiger partial charge in [-0.1, -0.05) is 36.3 Å². The van der Waals surface area contributed by atoms with Crippen LogP contribution >= 0.6 is 11.3 Å². The molecule has 5 nitrogen and oxygen atoms in total. The predicted molar refractivity (Wildman–Crippen MR) is 78.4 cm³/mol. The Morgan fingerprint density at radius 2 is 2.00 bits per heavy atom. The van der Waals surface area contributed by atoms with Gasteiger partial charge < -0.3 is 10.3 Å². The fourth-order valence-corrected chi connectivity index (χ4v) is 2.45. The minimum Gasteiger partial charge on any atom is -0.375 e. The third kappa shape index (κ3) is 2.70. The molecule has 2 heterocycles. The van der Waals surface area contributed by atoms with Gasteiger partial charge in [-0.15, -0.1) is 11.3 Å². The summed E-state index contributed by atoms with van der Waals surface area (Å²) in [4.78, 5) is 8.57. The Bertz CT molecular complexity index is 702. The molecule has 0 saturated heterocycles. The summed E-state index contributed by atoms with van der Waals surface area (Å²) in [5, 5.41) is 6.45. The van der Waals surface area contributed by atoms with E-state index >= 15 is 0 Å². The minimum absolute atomic E-state index is 0.508. The molecule has 0 fully saturated rings. The lowest BCUT2D eigenvalue weighted by atomic mass is 10.1. The monoisotopic (exact) mass is 286 g/mol. The lowest BCUT2D eigenvalue weighted by Crippen LogP contribution is -1.90. The van der Waals surface area contributed by atoms with Crippen LogP contribution in [-0.4, -0.2) is 15.1 Å². The van der Waals surface area contributed by atoms with Crippen molar-refractivity contribution in [1.82, 2.24) is 15.1 Å². The second kappa shape index (κ2) is 5.42. The molecule has 0 aliphatic rings. The molecule has 3 aromatic rings. The van der Waals surface area contributed by atoms with Crippen molar-refractivity contribution in [1.29, 1.82) is 0 Å². The van der Waals surface area contributed by atoms with Gasteiger partial charge in [-0.25, -0.2) is 4.98 Å². The average molecular weight is 286 g/mol. The summed E-state index contributed by atoms with van der Waals surface area (Å²) in [6.07, 6.45) is 1.52. The molecular formula is C14H14N4OS. The summed E-state index contributed by atoms with van der Waals surface area (Å²) in [7, 11) is 0. The highest BCUT2D eigenvalue weighted by molar-refractivity contribution is 7.13. The maximum atomic E-state index is 5.60. The van der Waals surface area contributed by atoms with E-state index in [2.05, 4.69) is 34.2 Å². The van der Waals surface area contributed by atoms with Gasteiger partial charge in [-0.05, 0) is 12.0 Å². The highest BCUT2D eigenvalue weighted by Crippen LogP contribution is 2.19. The number of hydrogen-bond donors (Lipinski definition) is 1. The maximum Gasteiger partial charge on any atom is 0.233 e. The Balaban J connectivity index is 1.78. The molecule has 0 atom stereocenters. The Labute approximate surface area is 120 Å². The Hall–Kier alpha value is -2.21. The number of hydrogen-bond acceptors (Lipinski definition) is 6. The van der Waals surface area contributed by atoms with Crippen molar-refractivity contribution in [2.75, 3.05) is 5.73 Å². The van der Waals surface area contributed by atoms with Crippen LogP contribution < -0.4 is 5.73 Å². The van der Waals surface area contributed by atoms with E-state index in [-0.39, 0.29) is 0 Å². The van der Waals surface area contributed by atoms with E-state index in [0.717, 1.165) is 17.7 Å². The van der Waals surface area contributed by atoms with Crippen LogP contribution in [0.1, 0.15) is 24.1 Å². The number of aromatic nitrogens is 3. The van der Waals surface area contributed by atoms with Crippen LogP contribution in [0.2, 0.25) is 0 Å². The zero-order valence-corrected chi connectivity index (χ0v) is 11.9. The first-order valence-corrected chi connectivity index (χ1v) is 7.24. The van der Waals surface area contributed by atoms with Gasteiger partial charge in [0.05, 0.1) is 12.1 Å². The first kappa shape index (κ1) is 12.8. The lowest BCUT2D eigenvalue weighted by Gasteiger charge is -1.97. The van der Waals surface area contributed by atoms with Crippen LogP contribution in [0.15, 0.2) is 34.2 Å². The number of benzene rings is 1. The van der Waals surface area contributed by atoms with Crippen molar-refractivity contribution in [3.05, 3.63) is 46.8 Å². The Morgan fingerprint density at radius 3 is 2.65 bits per heavy atom. The molecule has 0 saturated carbocycles. The lowest BCUT2D eigenvalue weighted by molar-refractivity contribution is 0.385. The molecule has 0 aliphatic carbocycles. The van der Waals surface area contributed by atoms with Gasteiger partial charge in [0.15, 0.2) is 5.13 Å². The topological polar surface area (TPSA) is 77.8 Å². The summed E-state index contributed by atoms with van der Waals surface area (Å²) >= 11 is 1.41. The SMILES string of the molecule is CCc1ccc(-c2noc(Cc3csc(N)n3)n2)cc1. The highest BCUT2D eigenvalue weighted by Gasteiger charge is 2.10. The predicted octanol–water partition coefficient (Wildman–Crippen LogP) is 2.93. The summed E-state index contributed by atoms with van der Waals surface area (Å²) in [6, 6.07) is 8.17. The van der Waals surface area contributed by atoms with Gasteiger partial charge in [-0.2, -0.15) is 4.98 Å². The quantitative estimate of drug-likeness (QED) is 0.797. The van der Waals surface area contributed by atoms with E-state index < -0.39 is 0 Å². The molecular weight excluding hydrogens is 272 g/mol. The Kier molecular flexibility index (Phi) is 3.47. The second-order valence-electron chi connectivity index (χ2n) is 4.42. The second-order valence-corrected chi connectivity index (χ2v) is 5.31. The van der Waals surface area contributed by atoms with Gasteiger partial charge >= 0.3 is 0 Å². The molecule has 2 aromatic heterocycles. The van der Waals surface area contributed by atoms with E-state index in [4.69, 9.17) is 10.3 Å². The van der Waals surface area contributed by atoms with Crippen molar-refractivity contribution in [3.63, 3.8) is 0 Å². The van der Waals surface area contributed by atoms with Crippen molar-refractivity contribution in [3.8, 4) is 11.4 Å². The normalized spacial score (nSPS) is 10.8. The van der Waals surface area contributed by atoms with Crippen LogP contribution in [0.5, 0.6) is 0 Å². The molecule has 20 heavy (non-hydrogen) atoms. The molecule has 0 aliphatic heterocycles. The fourth-order valence-electron chi connectivity index (χ4n) is 1.89. The van der Waals surface area contributed by atoms with Crippen molar-refractivity contribution >= 4 is 16.5 Å². The molecule has 0 spiro atoms. The van der Waals surface area contributed by atoms with E-state index in [1.165, 1.54) is 16.9 Å². The van der Waals surface area contributed by atoms with Crippen LogP contribution in [0.25, 0.3) is 11.4 Å². The third-order valence-corrected chi connectivity index (χ3v) is 3.71. The zero-order valence-electron chi connectivity index (χ0n) is 11.0. The number of aryl methyl sites for hydroxylation is 1. The summed E-state index contributed by atoms with van der Waals surface area (Å²) in [6.45, 7) is 2.13. The van der Waals surface area contributed by atoms with Crippen molar-refractivity contribution in [2.24, 2.45) is 0 Å². The number of nitrogens with zero attached hydrogens (tertiary/aromatic N) is 3. The van der Waals surface area contributed by atoms with Crippen molar-refractivity contribution < 1.29 is 4.52 Å². The zero-order chi connectivity index (χ0) is 13.9. The van der Waals surface area contributed by atoms with E-state index in [1.807, 2.05) is 17.5 Å². The minimum atomic E-state index is 0.508. The molecule has 0 amide bonds. The fraction of sp³-hybridized carbons (Fsp3) is 0.214. The molecule has 0 unspecified atom stereocenters. The first-order valence-electron chi connectivity index (χ1n) is 6.36. The van der Waals surface area contributed by atoms with Crippen LogP contribution in [0, 0.1) is 0 Å². The number of anilines is 1. The summed E-state index contributed by atoms with van der Waals surface area (Å²) in [5.41, 5.74) is 8.69. The summed E-state index contributed by atoms with van der Waals surface area (Å²) in [5.74, 6) is 1.15. The van der Waals surface area contributed by atoms with Gasteiger partial charge in [0, 0.05) is 10.9 Å². The number of rotatable bonds is 4. The van der Waals surface area contributed by atoms with Crippen LogP contribution in [0.4, 0.5) is 5.13 Å². The largest absolute Gasteiger partial charge is 0.375 e. The van der Waals surface area contributed by atoms with E-state index in [0.29, 0.717) is 23.3 Å². The van der Waals surface area contributed by atoms with E-state index in [1.54, 1.807) is 0 Å². The van der Waals surface area contributed by atoms with Crippen LogP contribution in [-0.2, 0) is 12.8 Å². The van der Waals surface area contributed by atoms with Gasteiger partial charge in [0.25, 0.3) is 0 Å². The van der Waals surface area contributed by atoms with Gasteiger partial charge in [0.2, 0.25) is 11.7 Å². The average Bonchev–Trinajstić information content (AvgIpc) is 3.09. The van der Waals surface area contributed by atoms with Gasteiger partial charge in [-0.3, -0.25) is 0 Å². The first-order chi connectivity index (χ1) is 9.74. The number of nitrogens with two attached hydrogens (primary N) is 1. The molecule has 0 bridgehead atoms. The standard InChI is InChI=1S/C14H14N4OS/c1-2-9-3-5-10(6-4-9)13-17-12(19-18-13)7-11-8-20-14(15)16-11/h3-6,8H,2,7H2,1H3,(H2,15,16). The number of thiazole rings is 1. The summed E-state index contributed by atoms with van der Waals surface area (Å²) < 4.78 is 5.25. The molecule has 6 heteroatoms. The Morgan fingerprint density at radius 1 is 1.20 bits per heavy atom. The van der Waals surface area contributed by atoms with Gasteiger partial charge in [0.1, 0.15) is 0 Å². The highest BCUT2D eigenvalue weighted by atomic mass is 32.1. The smallest absolute Gasteiger partial charge is 0.233 e. The molecule has 102 valence electrons. The maximum absolute atomic E-state index is 5.60. The van der Waals surface area contributed by atoms with E-state index in [9.17, 15) is 0 Å². The molecule has 0 radical (unpaired) electrons. The molecule has 2 N–H and O–H groups in total. The third-order valence-electron chi connectivity index (χ3n) is 2.99.